The molecule has 1 aliphatic heterocycles. The Balaban J connectivity index is 2.34. The van der Waals surface area contributed by atoms with Crippen LogP contribution in [-0.4, -0.2) is 24.6 Å². The highest BCUT2D eigenvalue weighted by Gasteiger charge is 2.12. The summed E-state index contributed by atoms with van der Waals surface area (Å²) in [6.07, 6.45) is 5.88. The fraction of sp³-hybridized carbons (Fsp3) is 0.818. The Bertz CT molecular complexity index is 154. The lowest BCUT2D eigenvalue weighted by atomic mass is 9.93. The highest BCUT2D eigenvalue weighted by atomic mass is 32.2. The van der Waals surface area contributed by atoms with Gasteiger partial charge in [-0.25, -0.2) is 0 Å². The Kier molecular flexibility index (Phi) is 5.56. The molecule has 0 radical (unpaired) electrons. The SMILES string of the molecule is CC(C)C1CCSC/C=C\CNC1. The lowest BCUT2D eigenvalue weighted by Gasteiger charge is -2.21. The second-order valence-electron chi connectivity index (χ2n) is 4.00. The molecule has 0 fully saturated rings. The van der Waals surface area contributed by atoms with E-state index in [1.54, 1.807) is 0 Å². The maximum absolute atomic E-state index is 3.49. The monoisotopic (exact) mass is 199 g/mol. The Morgan fingerprint density at radius 2 is 2.23 bits per heavy atom. The molecule has 0 aliphatic carbocycles. The van der Waals surface area contributed by atoms with Crippen LogP contribution in [0.5, 0.6) is 0 Å². The van der Waals surface area contributed by atoms with Crippen LogP contribution in [0.3, 0.4) is 0 Å². The van der Waals surface area contributed by atoms with E-state index in [-0.39, 0.29) is 0 Å². The van der Waals surface area contributed by atoms with Crippen LogP contribution in [0.25, 0.3) is 0 Å². The standard InChI is InChI=1S/C11H21NS/c1-10(2)11-5-8-13-7-4-3-6-12-9-11/h3-4,10-12H,5-9H2,1-2H3/b4-3-. The molecule has 0 aromatic heterocycles. The van der Waals surface area contributed by atoms with Gasteiger partial charge < -0.3 is 5.32 Å². The Labute approximate surface area is 86.4 Å². The van der Waals surface area contributed by atoms with Crippen LogP contribution in [0.15, 0.2) is 12.2 Å². The molecule has 13 heavy (non-hydrogen) atoms. The molecule has 1 unspecified atom stereocenters. The Morgan fingerprint density at radius 1 is 1.38 bits per heavy atom. The average Bonchev–Trinajstić information content (AvgIpc) is 2.14. The van der Waals surface area contributed by atoms with Gasteiger partial charge in [-0.15, -0.1) is 0 Å². The van der Waals surface area contributed by atoms with E-state index in [0.717, 1.165) is 18.4 Å². The summed E-state index contributed by atoms with van der Waals surface area (Å²) in [5, 5.41) is 3.49. The van der Waals surface area contributed by atoms with E-state index in [1.807, 2.05) is 0 Å². The first kappa shape index (κ1) is 11.1. The highest BCUT2D eigenvalue weighted by Crippen LogP contribution is 2.18. The minimum absolute atomic E-state index is 0.816. The van der Waals surface area contributed by atoms with Gasteiger partial charge in [-0.3, -0.25) is 0 Å². The maximum Gasteiger partial charge on any atom is 0.0135 e. The van der Waals surface area contributed by atoms with Gasteiger partial charge in [-0.05, 0) is 30.6 Å². The molecule has 0 saturated heterocycles. The minimum atomic E-state index is 0.816. The van der Waals surface area contributed by atoms with Crippen molar-refractivity contribution in [2.24, 2.45) is 11.8 Å². The molecule has 76 valence electrons. The molecule has 0 aromatic rings. The summed E-state index contributed by atoms with van der Waals surface area (Å²) in [5.74, 6) is 4.18. The molecule has 1 aliphatic rings. The van der Waals surface area contributed by atoms with Gasteiger partial charge in [-0.2, -0.15) is 11.8 Å². The summed E-state index contributed by atoms with van der Waals surface area (Å²) in [7, 11) is 0. The van der Waals surface area contributed by atoms with E-state index in [0.29, 0.717) is 0 Å². The normalized spacial score (nSPS) is 28.7. The van der Waals surface area contributed by atoms with Gasteiger partial charge in [0, 0.05) is 12.3 Å². The number of hydrogen-bond donors (Lipinski definition) is 1. The molecule has 0 saturated carbocycles. The molecule has 0 aromatic carbocycles. The number of thioether (sulfide) groups is 1. The van der Waals surface area contributed by atoms with E-state index in [9.17, 15) is 0 Å². The van der Waals surface area contributed by atoms with Crippen molar-refractivity contribution < 1.29 is 0 Å². The van der Waals surface area contributed by atoms with Crippen LogP contribution < -0.4 is 5.32 Å². The van der Waals surface area contributed by atoms with Gasteiger partial charge in [0.15, 0.2) is 0 Å². The zero-order chi connectivity index (χ0) is 9.52. The van der Waals surface area contributed by atoms with Crippen LogP contribution in [0.1, 0.15) is 20.3 Å². The van der Waals surface area contributed by atoms with Crippen molar-refractivity contribution in [3.63, 3.8) is 0 Å². The fourth-order valence-corrected chi connectivity index (χ4v) is 2.47. The second-order valence-corrected chi connectivity index (χ2v) is 5.15. The van der Waals surface area contributed by atoms with Gasteiger partial charge in [0.1, 0.15) is 0 Å². The molecule has 0 spiro atoms. The summed E-state index contributed by atoms with van der Waals surface area (Å²) < 4.78 is 0. The zero-order valence-corrected chi connectivity index (χ0v) is 9.57. The largest absolute Gasteiger partial charge is 0.313 e. The lowest BCUT2D eigenvalue weighted by molar-refractivity contribution is 0.360. The predicted octanol–water partition coefficient (Wildman–Crippen LogP) is 2.54. The first-order valence-electron chi connectivity index (χ1n) is 5.24. The van der Waals surface area contributed by atoms with Gasteiger partial charge in [0.25, 0.3) is 0 Å². The van der Waals surface area contributed by atoms with Crippen LogP contribution >= 0.6 is 11.8 Å². The van der Waals surface area contributed by atoms with Gasteiger partial charge in [0.05, 0.1) is 0 Å². The molecule has 1 atom stereocenters. The van der Waals surface area contributed by atoms with Crippen LogP contribution in [0, 0.1) is 11.8 Å². The molecular weight excluding hydrogens is 178 g/mol. The molecule has 0 amide bonds. The van der Waals surface area contributed by atoms with Gasteiger partial charge >= 0.3 is 0 Å². The summed E-state index contributed by atoms with van der Waals surface area (Å²) >= 11 is 2.06. The number of nitrogens with one attached hydrogen (secondary N) is 1. The summed E-state index contributed by atoms with van der Waals surface area (Å²) in [6, 6.07) is 0. The fourth-order valence-electron chi connectivity index (χ4n) is 1.56. The van der Waals surface area contributed by atoms with Gasteiger partial charge in [-0.1, -0.05) is 26.0 Å². The van der Waals surface area contributed by atoms with Gasteiger partial charge in [0.2, 0.25) is 0 Å². The predicted molar refractivity (Wildman–Crippen MR) is 62.3 cm³/mol. The van der Waals surface area contributed by atoms with E-state index >= 15 is 0 Å². The van der Waals surface area contributed by atoms with Crippen molar-refractivity contribution in [3.05, 3.63) is 12.2 Å². The molecule has 1 heterocycles. The molecule has 1 nitrogen and oxygen atoms in total. The van der Waals surface area contributed by atoms with Crippen LogP contribution in [-0.2, 0) is 0 Å². The van der Waals surface area contributed by atoms with Crippen molar-refractivity contribution in [3.8, 4) is 0 Å². The molecule has 0 bridgehead atoms. The minimum Gasteiger partial charge on any atom is -0.313 e. The number of rotatable bonds is 1. The van der Waals surface area contributed by atoms with E-state index in [1.165, 1.54) is 24.5 Å². The molecule has 1 N–H and O–H groups in total. The first-order chi connectivity index (χ1) is 6.30. The third-order valence-electron chi connectivity index (χ3n) is 2.63. The first-order valence-corrected chi connectivity index (χ1v) is 6.39. The zero-order valence-electron chi connectivity index (χ0n) is 8.75. The maximum atomic E-state index is 3.49. The average molecular weight is 199 g/mol. The Hall–Kier alpha value is 0.0500. The summed E-state index contributed by atoms with van der Waals surface area (Å²) in [6.45, 7) is 6.89. The van der Waals surface area contributed by atoms with E-state index in [4.69, 9.17) is 0 Å². The third-order valence-corrected chi connectivity index (χ3v) is 3.58. The van der Waals surface area contributed by atoms with E-state index < -0.39 is 0 Å². The highest BCUT2D eigenvalue weighted by molar-refractivity contribution is 7.99. The van der Waals surface area contributed by atoms with Crippen molar-refractivity contribution in [1.82, 2.24) is 5.32 Å². The summed E-state index contributed by atoms with van der Waals surface area (Å²) in [4.78, 5) is 0. The van der Waals surface area contributed by atoms with Crippen molar-refractivity contribution in [2.45, 2.75) is 20.3 Å². The molecular formula is C11H21NS. The quantitative estimate of drug-likeness (QED) is 0.651. The summed E-state index contributed by atoms with van der Waals surface area (Å²) in [5.41, 5.74) is 0. The second kappa shape index (κ2) is 6.50. The molecule has 2 heteroatoms. The number of hydrogen-bond acceptors (Lipinski definition) is 2. The lowest BCUT2D eigenvalue weighted by Crippen LogP contribution is -2.27. The topological polar surface area (TPSA) is 12.0 Å². The van der Waals surface area contributed by atoms with Crippen LogP contribution in [0.4, 0.5) is 0 Å². The van der Waals surface area contributed by atoms with Crippen molar-refractivity contribution in [2.75, 3.05) is 24.6 Å². The molecule has 1 rings (SSSR count). The van der Waals surface area contributed by atoms with Crippen LogP contribution in [0.2, 0.25) is 0 Å². The van der Waals surface area contributed by atoms with Crippen molar-refractivity contribution in [1.29, 1.82) is 0 Å². The van der Waals surface area contributed by atoms with Crippen molar-refractivity contribution >= 4 is 11.8 Å². The van der Waals surface area contributed by atoms with E-state index in [2.05, 4.69) is 43.1 Å². The smallest absolute Gasteiger partial charge is 0.0135 e. The Morgan fingerprint density at radius 3 is 3.00 bits per heavy atom. The third kappa shape index (κ3) is 4.72.